The maximum Gasteiger partial charge on any atom is 0.142 e. The fraction of sp³-hybridized carbons (Fsp3) is 0.462. The minimum Gasteiger partial charge on any atom is -0.391 e. The topological polar surface area (TPSA) is 30.8 Å². The van der Waals surface area contributed by atoms with Crippen LogP contribution in [-0.4, -0.2) is 19.4 Å². The van der Waals surface area contributed by atoms with Crippen LogP contribution in [0.1, 0.15) is 25.3 Å². The first-order valence-electron chi connectivity index (χ1n) is 5.69. The summed E-state index contributed by atoms with van der Waals surface area (Å²) < 4.78 is 5.30. The quantitative estimate of drug-likeness (QED) is 0.384. The van der Waals surface area contributed by atoms with Gasteiger partial charge in [0, 0.05) is 6.61 Å². The predicted octanol–water partition coefficient (Wildman–Crippen LogP) is 3.01. The highest BCUT2D eigenvalue weighted by Gasteiger charge is 1.89. The van der Waals surface area contributed by atoms with Gasteiger partial charge in [0.2, 0.25) is 0 Å². The van der Waals surface area contributed by atoms with E-state index in [-0.39, 0.29) is 0 Å². The molecule has 0 bridgehead atoms. The Kier molecular flexibility index (Phi) is 7.09. The first-order chi connectivity index (χ1) is 7.93. The van der Waals surface area contributed by atoms with Crippen LogP contribution in [0.15, 0.2) is 35.5 Å². The minimum absolute atomic E-state index is 0.506. The summed E-state index contributed by atoms with van der Waals surface area (Å²) in [6.45, 7) is 3.96. The molecule has 1 aromatic rings. The molecule has 1 rings (SSSR count). The molecular weight excluding hydrogens is 202 g/mol. The lowest BCUT2D eigenvalue weighted by molar-refractivity contribution is 0.125. The standard InChI is InChI=1S/C13H19NO2/c1-2-3-10-15-11-9-14-16-12-13-7-5-4-6-8-13/h4-9H,2-3,10-12H2,1H3. The Morgan fingerprint density at radius 1 is 1.25 bits per heavy atom. The lowest BCUT2D eigenvalue weighted by Crippen LogP contribution is -1.97. The molecule has 0 aromatic heterocycles. The molecule has 3 nitrogen and oxygen atoms in total. The molecule has 1 aromatic carbocycles. The molecule has 0 aliphatic rings. The third-order valence-electron chi connectivity index (χ3n) is 2.06. The number of benzene rings is 1. The van der Waals surface area contributed by atoms with E-state index in [2.05, 4.69) is 12.1 Å². The highest BCUT2D eigenvalue weighted by atomic mass is 16.6. The molecule has 0 N–H and O–H groups in total. The van der Waals surface area contributed by atoms with E-state index in [9.17, 15) is 0 Å². The van der Waals surface area contributed by atoms with Crippen molar-refractivity contribution >= 4 is 6.21 Å². The van der Waals surface area contributed by atoms with E-state index in [0.29, 0.717) is 13.2 Å². The van der Waals surface area contributed by atoms with E-state index in [1.54, 1.807) is 6.21 Å². The molecule has 0 amide bonds. The van der Waals surface area contributed by atoms with Crippen molar-refractivity contribution in [2.75, 3.05) is 13.2 Å². The molecule has 0 saturated carbocycles. The Balaban J connectivity index is 2.00. The highest BCUT2D eigenvalue weighted by molar-refractivity contribution is 5.57. The zero-order chi connectivity index (χ0) is 11.5. The molecule has 0 spiro atoms. The summed E-state index contributed by atoms with van der Waals surface area (Å²) in [5, 5.41) is 3.81. The zero-order valence-electron chi connectivity index (χ0n) is 9.76. The third-order valence-corrected chi connectivity index (χ3v) is 2.06. The normalized spacial score (nSPS) is 10.8. The SMILES string of the molecule is CCCCOCC=NOCc1ccccc1. The van der Waals surface area contributed by atoms with Crippen molar-refractivity contribution in [1.82, 2.24) is 0 Å². The van der Waals surface area contributed by atoms with Gasteiger partial charge in [-0.1, -0.05) is 48.8 Å². The number of rotatable bonds is 8. The number of hydrogen-bond acceptors (Lipinski definition) is 3. The van der Waals surface area contributed by atoms with Gasteiger partial charge in [0.05, 0.1) is 12.8 Å². The smallest absolute Gasteiger partial charge is 0.142 e. The summed E-state index contributed by atoms with van der Waals surface area (Å²) in [5.41, 5.74) is 1.12. The lowest BCUT2D eigenvalue weighted by atomic mass is 10.2. The zero-order valence-corrected chi connectivity index (χ0v) is 9.76. The van der Waals surface area contributed by atoms with Crippen molar-refractivity contribution < 1.29 is 9.57 Å². The molecule has 0 fully saturated rings. The third kappa shape index (κ3) is 6.19. The van der Waals surface area contributed by atoms with Gasteiger partial charge in [-0.15, -0.1) is 0 Å². The van der Waals surface area contributed by atoms with Crippen molar-refractivity contribution in [2.24, 2.45) is 5.16 Å². The second-order valence-electron chi connectivity index (χ2n) is 3.48. The van der Waals surface area contributed by atoms with Gasteiger partial charge >= 0.3 is 0 Å². The van der Waals surface area contributed by atoms with Crippen molar-refractivity contribution in [3.63, 3.8) is 0 Å². The van der Waals surface area contributed by atoms with Crippen LogP contribution in [-0.2, 0) is 16.2 Å². The average molecular weight is 221 g/mol. The monoisotopic (exact) mass is 221 g/mol. The van der Waals surface area contributed by atoms with E-state index in [1.807, 2.05) is 30.3 Å². The first-order valence-corrected chi connectivity index (χ1v) is 5.69. The van der Waals surface area contributed by atoms with Crippen LogP contribution < -0.4 is 0 Å². The maximum absolute atomic E-state index is 5.30. The maximum atomic E-state index is 5.30. The molecule has 0 heterocycles. The summed E-state index contributed by atoms with van der Waals surface area (Å²) >= 11 is 0. The predicted molar refractivity (Wildman–Crippen MR) is 65.5 cm³/mol. The van der Waals surface area contributed by atoms with Crippen molar-refractivity contribution in [3.8, 4) is 0 Å². The van der Waals surface area contributed by atoms with Gasteiger partial charge in [-0.25, -0.2) is 0 Å². The Bertz CT molecular complexity index is 285. The Morgan fingerprint density at radius 3 is 2.81 bits per heavy atom. The number of oxime groups is 1. The van der Waals surface area contributed by atoms with Crippen molar-refractivity contribution in [1.29, 1.82) is 0 Å². The highest BCUT2D eigenvalue weighted by Crippen LogP contribution is 1.99. The van der Waals surface area contributed by atoms with Gasteiger partial charge in [0.15, 0.2) is 0 Å². The molecular formula is C13H19NO2. The van der Waals surface area contributed by atoms with Crippen molar-refractivity contribution in [3.05, 3.63) is 35.9 Å². The van der Waals surface area contributed by atoms with Gasteiger partial charge < -0.3 is 9.57 Å². The van der Waals surface area contributed by atoms with E-state index < -0.39 is 0 Å². The summed E-state index contributed by atoms with van der Waals surface area (Å²) in [6.07, 6.45) is 3.90. The molecule has 0 saturated heterocycles. The Morgan fingerprint density at radius 2 is 2.06 bits per heavy atom. The fourth-order valence-corrected chi connectivity index (χ4v) is 1.15. The second kappa shape index (κ2) is 8.92. The molecule has 88 valence electrons. The molecule has 16 heavy (non-hydrogen) atoms. The van der Waals surface area contributed by atoms with Crippen LogP contribution in [0.25, 0.3) is 0 Å². The van der Waals surface area contributed by atoms with E-state index in [4.69, 9.17) is 9.57 Å². The Hall–Kier alpha value is -1.35. The lowest BCUT2D eigenvalue weighted by Gasteiger charge is -1.99. The molecule has 0 atom stereocenters. The summed E-state index contributed by atoms with van der Waals surface area (Å²) in [5.74, 6) is 0. The summed E-state index contributed by atoms with van der Waals surface area (Å²) in [4.78, 5) is 5.12. The van der Waals surface area contributed by atoms with Crippen LogP contribution in [0.5, 0.6) is 0 Å². The van der Waals surface area contributed by atoms with Crippen LogP contribution in [0.4, 0.5) is 0 Å². The molecule has 0 aliphatic heterocycles. The first kappa shape index (κ1) is 12.7. The summed E-state index contributed by atoms with van der Waals surface area (Å²) in [7, 11) is 0. The second-order valence-corrected chi connectivity index (χ2v) is 3.48. The number of nitrogens with zero attached hydrogens (tertiary/aromatic N) is 1. The molecule has 0 unspecified atom stereocenters. The summed E-state index contributed by atoms with van der Waals surface area (Å²) in [6, 6.07) is 9.96. The van der Waals surface area contributed by atoms with Crippen molar-refractivity contribution in [2.45, 2.75) is 26.4 Å². The minimum atomic E-state index is 0.506. The van der Waals surface area contributed by atoms with Crippen LogP contribution >= 0.6 is 0 Å². The molecule has 0 aliphatic carbocycles. The fourth-order valence-electron chi connectivity index (χ4n) is 1.15. The van der Waals surface area contributed by atoms with Gasteiger partial charge in [-0.3, -0.25) is 0 Å². The average Bonchev–Trinajstić information content (AvgIpc) is 2.34. The molecule has 3 heteroatoms. The van der Waals surface area contributed by atoms with Gasteiger partial charge in [0.25, 0.3) is 0 Å². The van der Waals surface area contributed by atoms with Crippen LogP contribution in [0.2, 0.25) is 0 Å². The number of unbranched alkanes of at least 4 members (excludes halogenated alkanes) is 1. The molecule has 0 radical (unpaired) electrons. The van der Waals surface area contributed by atoms with Gasteiger partial charge in [-0.2, -0.15) is 0 Å². The van der Waals surface area contributed by atoms with E-state index in [0.717, 1.165) is 25.0 Å². The Labute approximate surface area is 97.1 Å². The van der Waals surface area contributed by atoms with Gasteiger partial charge in [0.1, 0.15) is 6.61 Å². The van der Waals surface area contributed by atoms with Crippen LogP contribution in [0.3, 0.4) is 0 Å². The van der Waals surface area contributed by atoms with Gasteiger partial charge in [-0.05, 0) is 12.0 Å². The number of ether oxygens (including phenoxy) is 1. The van der Waals surface area contributed by atoms with Crippen LogP contribution in [0, 0.1) is 0 Å². The largest absolute Gasteiger partial charge is 0.391 e. The number of hydrogen-bond donors (Lipinski definition) is 0. The van der Waals surface area contributed by atoms with E-state index >= 15 is 0 Å². The van der Waals surface area contributed by atoms with E-state index in [1.165, 1.54) is 0 Å².